The molecule has 0 N–H and O–H groups in total. The quantitative estimate of drug-likeness (QED) is 0.865. The van der Waals surface area contributed by atoms with Gasteiger partial charge in [-0.05, 0) is 19.8 Å². The highest BCUT2D eigenvalue weighted by molar-refractivity contribution is 7.11. The van der Waals surface area contributed by atoms with Gasteiger partial charge in [-0.1, -0.05) is 0 Å². The molecular formula is C14H15FN4O2S. The lowest BCUT2D eigenvalue weighted by Gasteiger charge is -2.32. The second kappa shape index (κ2) is 6.35. The number of aryl methyl sites for hydroxylation is 1. The first-order valence-corrected chi connectivity index (χ1v) is 7.85. The molecule has 3 heterocycles. The van der Waals surface area contributed by atoms with Crippen LogP contribution in [0.15, 0.2) is 17.9 Å². The molecule has 0 radical (unpaired) electrons. The molecule has 0 aromatic carbocycles. The molecule has 2 aromatic rings. The zero-order valence-corrected chi connectivity index (χ0v) is 12.8. The van der Waals surface area contributed by atoms with E-state index in [9.17, 15) is 9.18 Å². The summed E-state index contributed by atoms with van der Waals surface area (Å²) >= 11 is 1.35. The lowest BCUT2D eigenvalue weighted by atomic mass is 10.1. The van der Waals surface area contributed by atoms with Crippen molar-refractivity contribution in [3.8, 4) is 6.01 Å². The number of carbonyl (C=O) groups excluding carboxylic acids is 1. The maximum Gasteiger partial charge on any atom is 0.316 e. The van der Waals surface area contributed by atoms with Crippen LogP contribution in [0, 0.1) is 12.7 Å². The van der Waals surface area contributed by atoms with Crippen molar-refractivity contribution in [2.75, 3.05) is 13.1 Å². The van der Waals surface area contributed by atoms with Crippen molar-refractivity contribution < 1.29 is 13.9 Å². The molecule has 6 nitrogen and oxygen atoms in total. The minimum absolute atomic E-state index is 0.0201. The fourth-order valence-corrected chi connectivity index (χ4v) is 3.15. The standard InChI is InChI=1S/C14H15FN4O2S/c1-9-12(22-8-18-9)13(20)19-4-2-3-11(7-19)21-14-16-5-10(15)6-17-14/h5-6,8,11H,2-4,7H2,1H3. The molecule has 1 saturated heterocycles. The molecule has 1 amide bonds. The first-order valence-electron chi connectivity index (χ1n) is 6.97. The van der Waals surface area contributed by atoms with Crippen LogP contribution in [-0.2, 0) is 0 Å². The molecule has 1 fully saturated rings. The molecule has 1 aliphatic heterocycles. The summed E-state index contributed by atoms with van der Waals surface area (Å²) in [5.41, 5.74) is 2.42. The number of halogens is 1. The average molecular weight is 322 g/mol. The van der Waals surface area contributed by atoms with E-state index in [1.807, 2.05) is 6.92 Å². The van der Waals surface area contributed by atoms with E-state index in [1.54, 1.807) is 10.4 Å². The number of aromatic nitrogens is 3. The number of hydrogen-bond acceptors (Lipinski definition) is 6. The van der Waals surface area contributed by atoms with Crippen molar-refractivity contribution in [2.45, 2.75) is 25.9 Å². The third kappa shape index (κ3) is 3.22. The van der Waals surface area contributed by atoms with Crippen molar-refractivity contribution in [1.82, 2.24) is 19.9 Å². The number of piperidine rings is 1. The fourth-order valence-electron chi connectivity index (χ4n) is 2.38. The van der Waals surface area contributed by atoms with E-state index in [1.165, 1.54) is 11.3 Å². The van der Waals surface area contributed by atoms with Gasteiger partial charge in [-0.3, -0.25) is 4.79 Å². The summed E-state index contributed by atoms with van der Waals surface area (Å²) in [5.74, 6) is -0.526. The number of ether oxygens (including phenoxy) is 1. The van der Waals surface area contributed by atoms with Gasteiger partial charge in [0.1, 0.15) is 11.0 Å². The average Bonchev–Trinajstić information content (AvgIpc) is 2.95. The SMILES string of the molecule is Cc1ncsc1C(=O)N1CCCC(Oc2ncc(F)cn2)C1. The van der Waals surface area contributed by atoms with Gasteiger partial charge in [-0.15, -0.1) is 11.3 Å². The topological polar surface area (TPSA) is 68.2 Å². The predicted octanol–water partition coefficient (Wildman–Crippen LogP) is 2.06. The van der Waals surface area contributed by atoms with Crippen LogP contribution in [0.5, 0.6) is 6.01 Å². The number of rotatable bonds is 3. The molecule has 3 rings (SSSR count). The van der Waals surface area contributed by atoms with Crippen molar-refractivity contribution in [1.29, 1.82) is 0 Å². The Morgan fingerprint density at radius 2 is 2.18 bits per heavy atom. The summed E-state index contributed by atoms with van der Waals surface area (Å²) in [6.45, 7) is 2.99. The van der Waals surface area contributed by atoms with E-state index < -0.39 is 5.82 Å². The summed E-state index contributed by atoms with van der Waals surface area (Å²) in [5, 5.41) is 0. The number of nitrogens with zero attached hydrogens (tertiary/aromatic N) is 4. The van der Waals surface area contributed by atoms with Gasteiger partial charge in [0.2, 0.25) is 0 Å². The van der Waals surface area contributed by atoms with Gasteiger partial charge in [0.25, 0.3) is 5.91 Å². The van der Waals surface area contributed by atoms with Gasteiger partial charge in [0, 0.05) is 6.54 Å². The Balaban J connectivity index is 1.65. The minimum Gasteiger partial charge on any atom is -0.458 e. The van der Waals surface area contributed by atoms with Gasteiger partial charge in [-0.2, -0.15) is 0 Å². The third-order valence-electron chi connectivity index (χ3n) is 3.47. The van der Waals surface area contributed by atoms with Gasteiger partial charge >= 0.3 is 6.01 Å². The number of amides is 1. The highest BCUT2D eigenvalue weighted by Gasteiger charge is 2.27. The van der Waals surface area contributed by atoms with E-state index in [-0.39, 0.29) is 18.0 Å². The minimum atomic E-state index is -0.506. The summed E-state index contributed by atoms with van der Waals surface area (Å²) in [6, 6.07) is 0.134. The Morgan fingerprint density at radius 3 is 2.86 bits per heavy atom. The maximum atomic E-state index is 12.8. The maximum absolute atomic E-state index is 12.8. The summed E-state index contributed by atoms with van der Waals surface area (Å²) in [4.78, 5) is 26.6. The second-order valence-electron chi connectivity index (χ2n) is 5.08. The zero-order valence-electron chi connectivity index (χ0n) is 12.0. The molecule has 116 valence electrons. The van der Waals surface area contributed by atoms with Gasteiger partial charge in [0.05, 0.1) is 30.1 Å². The predicted molar refractivity (Wildman–Crippen MR) is 78.4 cm³/mol. The fraction of sp³-hybridized carbons (Fsp3) is 0.429. The third-order valence-corrected chi connectivity index (χ3v) is 4.39. The van der Waals surface area contributed by atoms with E-state index in [2.05, 4.69) is 15.0 Å². The van der Waals surface area contributed by atoms with Crippen molar-refractivity contribution in [3.63, 3.8) is 0 Å². The molecule has 0 bridgehead atoms. The Bertz CT molecular complexity index is 661. The number of likely N-dealkylation sites (tertiary alicyclic amines) is 1. The lowest BCUT2D eigenvalue weighted by Crippen LogP contribution is -2.44. The zero-order chi connectivity index (χ0) is 15.5. The molecule has 1 atom stereocenters. The van der Waals surface area contributed by atoms with Crippen LogP contribution in [0.25, 0.3) is 0 Å². The van der Waals surface area contributed by atoms with Gasteiger partial charge < -0.3 is 9.64 Å². The van der Waals surface area contributed by atoms with Crippen LogP contribution in [0.2, 0.25) is 0 Å². The van der Waals surface area contributed by atoms with Gasteiger partial charge in [-0.25, -0.2) is 19.3 Å². The first-order chi connectivity index (χ1) is 10.6. The van der Waals surface area contributed by atoms with Gasteiger partial charge in [0.15, 0.2) is 5.82 Å². The summed E-state index contributed by atoms with van der Waals surface area (Å²) in [7, 11) is 0. The van der Waals surface area contributed by atoms with Crippen molar-refractivity contribution in [3.05, 3.63) is 34.3 Å². The molecular weight excluding hydrogens is 307 g/mol. The molecule has 0 spiro atoms. The molecule has 1 unspecified atom stereocenters. The number of thiazole rings is 1. The van der Waals surface area contributed by atoms with E-state index in [4.69, 9.17) is 4.74 Å². The van der Waals surface area contributed by atoms with Crippen LogP contribution in [0.3, 0.4) is 0 Å². The molecule has 0 aliphatic carbocycles. The van der Waals surface area contributed by atoms with Crippen LogP contribution < -0.4 is 4.74 Å². The van der Waals surface area contributed by atoms with Crippen LogP contribution in [0.4, 0.5) is 4.39 Å². The van der Waals surface area contributed by atoms with Crippen LogP contribution in [-0.4, -0.2) is 45.0 Å². The normalized spacial score (nSPS) is 18.3. The molecule has 2 aromatic heterocycles. The molecule has 0 saturated carbocycles. The Labute approximate surface area is 131 Å². The highest BCUT2D eigenvalue weighted by Crippen LogP contribution is 2.20. The smallest absolute Gasteiger partial charge is 0.316 e. The number of hydrogen-bond donors (Lipinski definition) is 0. The Morgan fingerprint density at radius 1 is 1.41 bits per heavy atom. The highest BCUT2D eigenvalue weighted by atomic mass is 32.1. The van der Waals surface area contributed by atoms with E-state index in [0.717, 1.165) is 30.9 Å². The second-order valence-corrected chi connectivity index (χ2v) is 5.94. The van der Waals surface area contributed by atoms with Crippen molar-refractivity contribution in [2.24, 2.45) is 0 Å². The molecule has 8 heteroatoms. The van der Waals surface area contributed by atoms with E-state index in [0.29, 0.717) is 18.0 Å². The Kier molecular flexibility index (Phi) is 4.28. The molecule has 1 aliphatic rings. The summed E-state index contributed by atoms with van der Waals surface area (Å²) < 4.78 is 18.4. The Hall–Kier alpha value is -2.09. The monoisotopic (exact) mass is 322 g/mol. The van der Waals surface area contributed by atoms with Crippen LogP contribution >= 0.6 is 11.3 Å². The van der Waals surface area contributed by atoms with Crippen LogP contribution in [0.1, 0.15) is 28.2 Å². The summed E-state index contributed by atoms with van der Waals surface area (Å²) in [6.07, 6.45) is 3.60. The molecule has 22 heavy (non-hydrogen) atoms. The number of carbonyl (C=O) groups is 1. The van der Waals surface area contributed by atoms with Crippen molar-refractivity contribution >= 4 is 17.2 Å². The largest absolute Gasteiger partial charge is 0.458 e. The first kappa shape index (κ1) is 14.8. The lowest BCUT2D eigenvalue weighted by molar-refractivity contribution is 0.0518. The van der Waals surface area contributed by atoms with E-state index >= 15 is 0 Å².